The average Bonchev–Trinajstić information content (AvgIpc) is 2.86. The molecule has 3 N–H and O–H groups in total. The molecule has 5 rings (SSSR count). The summed E-state index contributed by atoms with van der Waals surface area (Å²) in [5, 5.41) is 7.35. The Morgan fingerprint density at radius 2 is 1.59 bits per heavy atom. The standard InChI is InChI=1S/C27H20N4O2S/c32-26-17-22(13-15-29-26)34-21-11-9-20(10-12-21)31-27(33)18-5-7-19(8-6-18)30-25-14-16-28-24-4-2-1-3-23(24)25/h1-17H,(H,28,30)(H,29,32)(H,31,33). The van der Waals surface area contributed by atoms with Gasteiger partial charge in [-0.1, -0.05) is 30.0 Å². The van der Waals surface area contributed by atoms with Crippen LogP contribution in [0.1, 0.15) is 10.4 Å². The summed E-state index contributed by atoms with van der Waals surface area (Å²) in [4.78, 5) is 32.9. The summed E-state index contributed by atoms with van der Waals surface area (Å²) in [6, 6.07) is 28.1. The van der Waals surface area contributed by atoms with Crippen LogP contribution in [0.15, 0.2) is 118 Å². The van der Waals surface area contributed by atoms with Crippen molar-refractivity contribution < 1.29 is 4.79 Å². The Kier molecular flexibility index (Phi) is 6.09. The zero-order valence-electron chi connectivity index (χ0n) is 18.0. The highest BCUT2D eigenvalue weighted by atomic mass is 32.2. The number of benzene rings is 3. The van der Waals surface area contributed by atoms with Gasteiger partial charge in [0.15, 0.2) is 0 Å². The first-order chi connectivity index (χ1) is 16.6. The number of amides is 1. The molecule has 3 aromatic carbocycles. The Hall–Kier alpha value is -4.36. The fourth-order valence-corrected chi connectivity index (χ4v) is 4.35. The largest absolute Gasteiger partial charge is 0.355 e. The summed E-state index contributed by atoms with van der Waals surface area (Å²) in [7, 11) is 0. The fourth-order valence-electron chi connectivity index (χ4n) is 3.50. The number of nitrogens with one attached hydrogen (secondary N) is 3. The maximum absolute atomic E-state index is 12.7. The van der Waals surface area contributed by atoms with Gasteiger partial charge in [-0.25, -0.2) is 0 Å². The van der Waals surface area contributed by atoms with Crippen LogP contribution in [0.2, 0.25) is 0 Å². The van der Waals surface area contributed by atoms with Crippen LogP contribution >= 0.6 is 11.8 Å². The lowest BCUT2D eigenvalue weighted by Crippen LogP contribution is -2.11. The van der Waals surface area contributed by atoms with Crippen LogP contribution in [-0.2, 0) is 0 Å². The Balaban J connectivity index is 1.23. The van der Waals surface area contributed by atoms with Gasteiger partial charge in [-0.05, 0) is 66.7 Å². The number of fused-ring (bicyclic) bond motifs is 1. The molecule has 0 radical (unpaired) electrons. The molecule has 0 atom stereocenters. The number of pyridine rings is 2. The molecule has 166 valence electrons. The van der Waals surface area contributed by atoms with Gasteiger partial charge in [-0.3, -0.25) is 14.6 Å². The van der Waals surface area contributed by atoms with Crippen LogP contribution in [0.4, 0.5) is 17.1 Å². The van der Waals surface area contributed by atoms with E-state index in [2.05, 4.69) is 20.6 Å². The Labute approximate surface area is 200 Å². The molecule has 6 nitrogen and oxygen atoms in total. The van der Waals surface area contributed by atoms with Crippen molar-refractivity contribution in [1.29, 1.82) is 0 Å². The van der Waals surface area contributed by atoms with E-state index in [9.17, 15) is 9.59 Å². The van der Waals surface area contributed by atoms with Crippen LogP contribution < -0.4 is 16.2 Å². The molecule has 5 aromatic rings. The summed E-state index contributed by atoms with van der Waals surface area (Å²) in [6.45, 7) is 0. The van der Waals surface area contributed by atoms with Crippen molar-refractivity contribution in [3.05, 3.63) is 119 Å². The quantitative estimate of drug-likeness (QED) is 0.284. The van der Waals surface area contributed by atoms with E-state index in [1.54, 1.807) is 30.6 Å². The number of aromatic nitrogens is 2. The van der Waals surface area contributed by atoms with Crippen LogP contribution in [0.25, 0.3) is 10.9 Å². The second kappa shape index (κ2) is 9.64. The van der Waals surface area contributed by atoms with Crippen molar-refractivity contribution in [1.82, 2.24) is 9.97 Å². The van der Waals surface area contributed by atoms with Crippen LogP contribution in [0.3, 0.4) is 0 Å². The van der Waals surface area contributed by atoms with E-state index >= 15 is 0 Å². The maximum Gasteiger partial charge on any atom is 0.255 e. The molecular formula is C27H20N4O2S. The summed E-state index contributed by atoms with van der Waals surface area (Å²) in [5.74, 6) is -0.184. The minimum Gasteiger partial charge on any atom is -0.355 e. The van der Waals surface area contributed by atoms with Gasteiger partial charge in [0.25, 0.3) is 5.91 Å². The maximum atomic E-state index is 12.7. The van der Waals surface area contributed by atoms with Crippen molar-refractivity contribution in [2.45, 2.75) is 9.79 Å². The predicted molar refractivity (Wildman–Crippen MR) is 137 cm³/mol. The molecule has 0 aliphatic carbocycles. The third kappa shape index (κ3) is 5.00. The molecule has 2 aromatic heterocycles. The second-order valence-corrected chi connectivity index (χ2v) is 8.69. The van der Waals surface area contributed by atoms with Crippen molar-refractivity contribution in [2.24, 2.45) is 0 Å². The van der Waals surface area contributed by atoms with E-state index in [1.165, 1.54) is 11.8 Å². The number of nitrogens with zero attached hydrogens (tertiary/aromatic N) is 1. The average molecular weight is 465 g/mol. The van der Waals surface area contributed by atoms with Gasteiger partial charge in [0.2, 0.25) is 5.56 Å². The summed E-state index contributed by atoms with van der Waals surface area (Å²) >= 11 is 1.48. The lowest BCUT2D eigenvalue weighted by molar-refractivity contribution is 0.102. The number of para-hydroxylation sites is 1. The first-order valence-electron chi connectivity index (χ1n) is 10.6. The van der Waals surface area contributed by atoms with Gasteiger partial charge < -0.3 is 15.6 Å². The fraction of sp³-hybridized carbons (Fsp3) is 0. The molecular weight excluding hydrogens is 444 g/mol. The number of anilines is 3. The van der Waals surface area contributed by atoms with Gasteiger partial charge in [0.1, 0.15) is 0 Å². The Morgan fingerprint density at radius 3 is 2.38 bits per heavy atom. The van der Waals surface area contributed by atoms with Gasteiger partial charge >= 0.3 is 0 Å². The van der Waals surface area contributed by atoms with Crippen LogP contribution in [-0.4, -0.2) is 15.9 Å². The van der Waals surface area contributed by atoms with Gasteiger partial charge in [0, 0.05) is 56.3 Å². The highest BCUT2D eigenvalue weighted by Gasteiger charge is 2.08. The van der Waals surface area contributed by atoms with Crippen molar-refractivity contribution >= 4 is 45.6 Å². The van der Waals surface area contributed by atoms with E-state index in [0.29, 0.717) is 11.3 Å². The van der Waals surface area contributed by atoms with Gasteiger partial charge in [0.05, 0.1) is 5.52 Å². The number of hydrogen-bond acceptors (Lipinski definition) is 5. The molecule has 1 amide bonds. The van der Waals surface area contributed by atoms with E-state index in [0.717, 1.165) is 32.1 Å². The minimum absolute atomic E-state index is 0.135. The molecule has 0 saturated carbocycles. The molecule has 0 bridgehead atoms. The summed E-state index contributed by atoms with van der Waals surface area (Å²) < 4.78 is 0. The van der Waals surface area contributed by atoms with E-state index in [1.807, 2.05) is 72.8 Å². The van der Waals surface area contributed by atoms with Gasteiger partial charge in [-0.2, -0.15) is 0 Å². The monoisotopic (exact) mass is 464 g/mol. The smallest absolute Gasteiger partial charge is 0.255 e. The number of hydrogen-bond donors (Lipinski definition) is 3. The summed E-state index contributed by atoms with van der Waals surface area (Å²) in [5.41, 5.74) is 3.89. The first kappa shape index (κ1) is 21.5. The SMILES string of the molecule is O=C(Nc1ccc(Sc2cc[nH]c(=O)c2)cc1)c1ccc(Nc2ccnc3ccccc23)cc1. The Morgan fingerprint density at radius 1 is 0.824 bits per heavy atom. The number of rotatable bonds is 6. The second-order valence-electron chi connectivity index (χ2n) is 7.55. The van der Waals surface area contributed by atoms with E-state index in [-0.39, 0.29) is 11.5 Å². The number of carbonyl (C=O) groups is 1. The molecule has 0 unspecified atom stereocenters. The number of carbonyl (C=O) groups excluding carboxylic acids is 1. The highest BCUT2D eigenvalue weighted by molar-refractivity contribution is 7.99. The zero-order chi connectivity index (χ0) is 23.3. The van der Waals surface area contributed by atoms with E-state index in [4.69, 9.17) is 0 Å². The number of H-pyrrole nitrogens is 1. The molecule has 2 heterocycles. The zero-order valence-corrected chi connectivity index (χ0v) is 18.8. The lowest BCUT2D eigenvalue weighted by atomic mass is 10.1. The van der Waals surface area contributed by atoms with Crippen LogP contribution in [0.5, 0.6) is 0 Å². The molecule has 0 saturated heterocycles. The molecule has 7 heteroatoms. The van der Waals surface area contributed by atoms with Crippen molar-refractivity contribution in [2.75, 3.05) is 10.6 Å². The third-order valence-electron chi connectivity index (χ3n) is 5.17. The normalized spacial score (nSPS) is 10.7. The minimum atomic E-state index is -0.184. The van der Waals surface area contributed by atoms with Crippen molar-refractivity contribution in [3.63, 3.8) is 0 Å². The molecule has 34 heavy (non-hydrogen) atoms. The van der Waals surface area contributed by atoms with Crippen LogP contribution in [0, 0.1) is 0 Å². The molecule has 0 aliphatic rings. The van der Waals surface area contributed by atoms with E-state index < -0.39 is 0 Å². The number of aromatic amines is 1. The molecule has 0 fully saturated rings. The predicted octanol–water partition coefficient (Wildman–Crippen LogP) is 6.07. The van der Waals surface area contributed by atoms with Gasteiger partial charge in [-0.15, -0.1) is 0 Å². The van der Waals surface area contributed by atoms with Crippen molar-refractivity contribution in [3.8, 4) is 0 Å². The Bertz CT molecular complexity index is 1510. The third-order valence-corrected chi connectivity index (χ3v) is 6.17. The molecule has 0 aliphatic heterocycles. The lowest BCUT2D eigenvalue weighted by Gasteiger charge is -2.10. The summed E-state index contributed by atoms with van der Waals surface area (Å²) in [6.07, 6.45) is 3.40. The topological polar surface area (TPSA) is 86.9 Å². The molecule has 0 spiro atoms. The highest BCUT2D eigenvalue weighted by Crippen LogP contribution is 2.28. The first-order valence-corrected chi connectivity index (χ1v) is 11.4.